The maximum Gasteiger partial charge on any atom is 0.0992 e. The summed E-state index contributed by atoms with van der Waals surface area (Å²) < 4.78 is 5.35. The molecule has 0 aromatic heterocycles. The molecule has 4 heteroatoms. The fraction of sp³-hybridized carbons (Fsp3) is 0.500. The van der Waals surface area contributed by atoms with Crippen molar-refractivity contribution in [2.75, 3.05) is 12.4 Å². The Kier molecular flexibility index (Phi) is 4.46. The first-order valence-electron chi connectivity index (χ1n) is 6.22. The van der Waals surface area contributed by atoms with Gasteiger partial charge in [0.2, 0.25) is 0 Å². The van der Waals surface area contributed by atoms with Crippen LogP contribution in [0.5, 0.6) is 0 Å². The predicted octanol–water partition coefficient (Wildman–Crippen LogP) is 3.58. The molecule has 3 nitrogen and oxygen atoms in total. The van der Waals surface area contributed by atoms with Crippen molar-refractivity contribution >= 4 is 17.3 Å². The Balaban J connectivity index is 2.00. The first-order chi connectivity index (χ1) is 8.72. The standard InChI is InChI=1S/C14H17ClN2O/c1-18-12-5-3-11(4-6-12)17-14-8-10(9-16)2-7-13(14)15/h2,7-8,11-12,17H,3-6H2,1H3. The van der Waals surface area contributed by atoms with Crippen LogP contribution in [0.3, 0.4) is 0 Å². The molecule has 18 heavy (non-hydrogen) atoms. The maximum atomic E-state index is 8.89. The third-order valence-corrected chi connectivity index (χ3v) is 3.79. The highest BCUT2D eigenvalue weighted by Gasteiger charge is 2.21. The minimum absolute atomic E-state index is 0.393. The number of nitrogens with one attached hydrogen (secondary N) is 1. The second-order valence-corrected chi connectivity index (χ2v) is 5.07. The number of nitrogens with zero attached hydrogens (tertiary/aromatic N) is 1. The smallest absolute Gasteiger partial charge is 0.0992 e. The van der Waals surface area contributed by atoms with Gasteiger partial charge in [-0.2, -0.15) is 5.26 Å². The van der Waals surface area contributed by atoms with Gasteiger partial charge in [-0.1, -0.05) is 11.6 Å². The van der Waals surface area contributed by atoms with Crippen molar-refractivity contribution in [3.63, 3.8) is 0 Å². The zero-order chi connectivity index (χ0) is 13.0. The molecule has 1 aliphatic rings. The molecule has 0 aliphatic heterocycles. The molecule has 1 aromatic rings. The van der Waals surface area contributed by atoms with Crippen molar-refractivity contribution < 1.29 is 4.74 Å². The molecule has 1 aliphatic carbocycles. The first-order valence-corrected chi connectivity index (χ1v) is 6.59. The monoisotopic (exact) mass is 264 g/mol. The summed E-state index contributed by atoms with van der Waals surface area (Å²) in [7, 11) is 1.77. The lowest BCUT2D eigenvalue weighted by Crippen LogP contribution is -2.29. The van der Waals surface area contributed by atoms with E-state index >= 15 is 0 Å². The Bertz CT molecular complexity index is 448. The summed E-state index contributed by atoms with van der Waals surface area (Å²) in [6.07, 6.45) is 4.69. The van der Waals surface area contributed by atoms with Gasteiger partial charge < -0.3 is 10.1 Å². The van der Waals surface area contributed by atoms with Crippen LogP contribution in [-0.2, 0) is 4.74 Å². The molecule has 0 bridgehead atoms. The molecule has 1 N–H and O–H groups in total. The molecule has 0 unspecified atom stereocenters. The van der Waals surface area contributed by atoms with Crippen LogP contribution < -0.4 is 5.32 Å². The minimum atomic E-state index is 0.393. The molecule has 0 saturated heterocycles. The molecule has 1 fully saturated rings. The molecule has 0 heterocycles. The molecular weight excluding hydrogens is 248 g/mol. The highest BCUT2D eigenvalue weighted by atomic mass is 35.5. The van der Waals surface area contributed by atoms with E-state index in [0.717, 1.165) is 31.4 Å². The van der Waals surface area contributed by atoms with Crippen LogP contribution in [0.2, 0.25) is 5.02 Å². The van der Waals surface area contributed by atoms with Crippen LogP contribution in [0.1, 0.15) is 31.2 Å². The number of methoxy groups -OCH3 is 1. The number of halogens is 1. The third-order valence-electron chi connectivity index (χ3n) is 3.46. The first kappa shape index (κ1) is 13.2. The van der Waals surface area contributed by atoms with E-state index in [2.05, 4.69) is 11.4 Å². The molecule has 1 saturated carbocycles. The van der Waals surface area contributed by atoms with E-state index in [-0.39, 0.29) is 0 Å². The molecule has 2 rings (SSSR count). The molecule has 0 atom stereocenters. The molecule has 0 radical (unpaired) electrons. The molecular formula is C14H17ClN2O. The summed E-state index contributed by atoms with van der Waals surface area (Å²) in [5.41, 5.74) is 1.49. The number of ether oxygens (including phenoxy) is 1. The second kappa shape index (κ2) is 6.08. The molecule has 1 aromatic carbocycles. The van der Waals surface area contributed by atoms with Crippen LogP contribution in [0.25, 0.3) is 0 Å². The quantitative estimate of drug-likeness (QED) is 0.908. The average molecular weight is 265 g/mol. The third kappa shape index (κ3) is 3.16. The normalized spacial score (nSPS) is 23.4. The van der Waals surface area contributed by atoms with Gasteiger partial charge in [-0.05, 0) is 43.9 Å². The Morgan fingerprint density at radius 2 is 2.06 bits per heavy atom. The Hall–Kier alpha value is -1.24. The van der Waals surface area contributed by atoms with Crippen LogP contribution in [0.15, 0.2) is 18.2 Å². The zero-order valence-electron chi connectivity index (χ0n) is 10.4. The van der Waals surface area contributed by atoms with Crippen LogP contribution in [0, 0.1) is 11.3 Å². The van der Waals surface area contributed by atoms with Crippen molar-refractivity contribution in [1.82, 2.24) is 0 Å². The number of nitriles is 1. The van der Waals surface area contributed by atoms with E-state index in [1.807, 2.05) is 6.07 Å². The van der Waals surface area contributed by atoms with Gasteiger partial charge in [0.15, 0.2) is 0 Å². The van der Waals surface area contributed by atoms with Crippen LogP contribution >= 0.6 is 11.6 Å². The number of hydrogen-bond donors (Lipinski definition) is 1. The fourth-order valence-corrected chi connectivity index (χ4v) is 2.54. The summed E-state index contributed by atoms with van der Waals surface area (Å²) in [5, 5.41) is 13.0. The largest absolute Gasteiger partial charge is 0.381 e. The summed E-state index contributed by atoms with van der Waals surface area (Å²) >= 11 is 6.13. The van der Waals surface area contributed by atoms with Crippen molar-refractivity contribution in [3.8, 4) is 6.07 Å². The summed E-state index contributed by atoms with van der Waals surface area (Å²) in [4.78, 5) is 0. The number of anilines is 1. The van der Waals surface area contributed by atoms with Gasteiger partial charge >= 0.3 is 0 Å². The van der Waals surface area contributed by atoms with Crippen molar-refractivity contribution in [1.29, 1.82) is 5.26 Å². The van der Waals surface area contributed by atoms with E-state index in [1.54, 1.807) is 19.2 Å². The van der Waals surface area contributed by atoms with Gasteiger partial charge in [0, 0.05) is 13.2 Å². The maximum absolute atomic E-state index is 8.89. The van der Waals surface area contributed by atoms with Gasteiger partial charge in [-0.25, -0.2) is 0 Å². The topological polar surface area (TPSA) is 45.0 Å². The molecule has 0 spiro atoms. The van der Waals surface area contributed by atoms with E-state index < -0.39 is 0 Å². The highest BCUT2D eigenvalue weighted by Crippen LogP contribution is 2.28. The van der Waals surface area contributed by atoms with Crippen LogP contribution in [0.4, 0.5) is 5.69 Å². The van der Waals surface area contributed by atoms with E-state index in [0.29, 0.717) is 22.7 Å². The number of hydrogen-bond acceptors (Lipinski definition) is 3. The Morgan fingerprint density at radius 3 is 2.67 bits per heavy atom. The Labute approximate surface area is 113 Å². The highest BCUT2D eigenvalue weighted by molar-refractivity contribution is 6.33. The lowest BCUT2D eigenvalue weighted by Gasteiger charge is -2.29. The van der Waals surface area contributed by atoms with E-state index in [1.165, 1.54) is 0 Å². The minimum Gasteiger partial charge on any atom is -0.381 e. The van der Waals surface area contributed by atoms with Gasteiger partial charge in [0.1, 0.15) is 0 Å². The van der Waals surface area contributed by atoms with Crippen LogP contribution in [-0.4, -0.2) is 19.3 Å². The van der Waals surface area contributed by atoms with Gasteiger partial charge in [0.05, 0.1) is 28.4 Å². The van der Waals surface area contributed by atoms with Crippen molar-refractivity contribution in [2.24, 2.45) is 0 Å². The van der Waals surface area contributed by atoms with Crippen molar-refractivity contribution in [2.45, 2.75) is 37.8 Å². The van der Waals surface area contributed by atoms with Gasteiger partial charge in [-0.15, -0.1) is 0 Å². The van der Waals surface area contributed by atoms with E-state index in [9.17, 15) is 0 Å². The summed E-state index contributed by atoms with van der Waals surface area (Å²) in [6.45, 7) is 0. The molecule has 96 valence electrons. The van der Waals surface area contributed by atoms with Gasteiger partial charge in [-0.3, -0.25) is 0 Å². The average Bonchev–Trinajstić information content (AvgIpc) is 2.42. The number of rotatable bonds is 3. The van der Waals surface area contributed by atoms with E-state index in [4.69, 9.17) is 21.6 Å². The predicted molar refractivity (Wildman–Crippen MR) is 72.8 cm³/mol. The second-order valence-electron chi connectivity index (χ2n) is 4.66. The number of benzene rings is 1. The Morgan fingerprint density at radius 1 is 1.33 bits per heavy atom. The van der Waals surface area contributed by atoms with Crippen molar-refractivity contribution in [3.05, 3.63) is 28.8 Å². The summed E-state index contributed by atoms with van der Waals surface area (Å²) in [6, 6.07) is 7.86. The lowest BCUT2D eigenvalue weighted by atomic mass is 9.93. The zero-order valence-corrected chi connectivity index (χ0v) is 11.2. The van der Waals surface area contributed by atoms with Gasteiger partial charge in [0.25, 0.3) is 0 Å². The fourth-order valence-electron chi connectivity index (χ4n) is 2.37. The summed E-state index contributed by atoms with van der Waals surface area (Å²) in [5.74, 6) is 0. The molecule has 0 amide bonds. The SMILES string of the molecule is COC1CCC(Nc2cc(C#N)ccc2Cl)CC1. The lowest BCUT2D eigenvalue weighted by molar-refractivity contribution is 0.0682.